The molecule has 2 saturated heterocycles. The minimum Gasteiger partial charge on any atom is -0.378 e. The van der Waals surface area contributed by atoms with Crippen LogP contribution in [0.15, 0.2) is 84.9 Å². The van der Waals surface area contributed by atoms with Crippen LogP contribution in [0.25, 0.3) is 0 Å². The van der Waals surface area contributed by atoms with Crippen LogP contribution in [0.2, 0.25) is 0 Å². The summed E-state index contributed by atoms with van der Waals surface area (Å²) in [4.78, 5) is 34.5. The van der Waals surface area contributed by atoms with E-state index in [0.717, 1.165) is 61.6 Å². The van der Waals surface area contributed by atoms with Gasteiger partial charge in [0, 0.05) is 37.6 Å². The number of carbonyl (C=O) groups is 2. The Balaban J connectivity index is 1.22. The molecule has 0 bridgehead atoms. The summed E-state index contributed by atoms with van der Waals surface area (Å²) in [5, 5.41) is 7.12. The van der Waals surface area contributed by atoms with Crippen LogP contribution in [0.1, 0.15) is 42.9 Å². The largest absolute Gasteiger partial charge is 0.378 e. The SMILES string of the molecule is O=C(CN1CC(c2ccccc2)NC1=S)N(Cc1ccccc1)C1(C(=O)Nc2ccc(N3CCOCC3)cc2)CCCC1. The van der Waals surface area contributed by atoms with Crippen molar-refractivity contribution < 1.29 is 14.3 Å². The van der Waals surface area contributed by atoms with E-state index in [1.165, 1.54) is 0 Å². The van der Waals surface area contributed by atoms with Crippen LogP contribution in [0.4, 0.5) is 11.4 Å². The van der Waals surface area contributed by atoms with E-state index in [-0.39, 0.29) is 24.4 Å². The van der Waals surface area contributed by atoms with E-state index in [1.54, 1.807) is 0 Å². The quantitative estimate of drug-likeness (QED) is 0.345. The predicted octanol–water partition coefficient (Wildman–Crippen LogP) is 4.73. The molecule has 0 spiro atoms. The van der Waals surface area contributed by atoms with Gasteiger partial charge in [0.05, 0.1) is 25.8 Å². The third-order valence-electron chi connectivity index (χ3n) is 8.87. The van der Waals surface area contributed by atoms with Gasteiger partial charge >= 0.3 is 0 Å². The number of morpholine rings is 1. The zero-order valence-corrected chi connectivity index (χ0v) is 25.2. The number of hydrogen-bond acceptors (Lipinski definition) is 5. The smallest absolute Gasteiger partial charge is 0.250 e. The highest BCUT2D eigenvalue weighted by Gasteiger charge is 2.49. The fraction of sp³-hybridized carbons (Fsp3) is 0.382. The molecule has 8 nitrogen and oxygen atoms in total. The van der Waals surface area contributed by atoms with Crippen molar-refractivity contribution in [3.63, 3.8) is 0 Å². The minimum atomic E-state index is -0.941. The van der Waals surface area contributed by atoms with E-state index in [1.807, 2.05) is 82.6 Å². The summed E-state index contributed by atoms with van der Waals surface area (Å²) in [6.07, 6.45) is 3.03. The van der Waals surface area contributed by atoms with Gasteiger partial charge in [0.1, 0.15) is 5.54 Å². The third-order valence-corrected chi connectivity index (χ3v) is 9.25. The van der Waals surface area contributed by atoms with Crippen molar-refractivity contribution in [2.75, 3.05) is 49.6 Å². The molecular formula is C34H39N5O3S. The maximum absolute atomic E-state index is 14.3. The minimum absolute atomic E-state index is 0.0215. The van der Waals surface area contributed by atoms with Crippen LogP contribution in [-0.4, -0.2) is 71.7 Å². The summed E-state index contributed by atoms with van der Waals surface area (Å²) >= 11 is 5.67. The Bertz CT molecular complexity index is 1410. The molecule has 9 heteroatoms. The number of hydrogen-bond donors (Lipinski definition) is 2. The standard InChI is InChI=1S/C34H39N5O3S/c40-31(25-38-24-30(36-33(38)43)27-11-5-2-6-12-27)39(23-26-9-3-1-4-10-26)34(17-7-8-18-34)32(41)35-28-13-15-29(16-14-28)37-19-21-42-22-20-37/h1-6,9-16,30H,7-8,17-25H2,(H,35,41)(H,36,43). The Morgan fingerprint density at radius 1 is 0.930 bits per heavy atom. The van der Waals surface area contributed by atoms with Crippen molar-refractivity contribution in [2.45, 2.75) is 43.8 Å². The molecule has 2 aliphatic heterocycles. The van der Waals surface area contributed by atoms with Crippen molar-refractivity contribution in [1.82, 2.24) is 15.1 Å². The Labute approximate surface area is 259 Å². The molecule has 1 saturated carbocycles. The number of ether oxygens (including phenoxy) is 1. The lowest BCUT2D eigenvalue weighted by Crippen LogP contribution is -2.59. The monoisotopic (exact) mass is 597 g/mol. The molecule has 3 fully saturated rings. The zero-order chi connectivity index (χ0) is 29.6. The molecule has 3 aliphatic rings. The lowest BCUT2D eigenvalue weighted by Gasteiger charge is -2.41. The molecule has 2 N–H and O–H groups in total. The number of rotatable bonds is 9. The summed E-state index contributed by atoms with van der Waals surface area (Å²) in [7, 11) is 0. The molecule has 2 amide bonds. The molecule has 0 aromatic heterocycles. The van der Waals surface area contributed by atoms with Gasteiger partial charge in [-0.1, -0.05) is 73.5 Å². The first-order valence-electron chi connectivity index (χ1n) is 15.2. The summed E-state index contributed by atoms with van der Waals surface area (Å²) in [6, 6.07) is 28.1. The van der Waals surface area contributed by atoms with Crippen molar-refractivity contribution in [3.8, 4) is 0 Å². The normalized spacial score (nSPS) is 19.6. The van der Waals surface area contributed by atoms with E-state index in [2.05, 4.69) is 27.7 Å². The number of amides is 2. The van der Waals surface area contributed by atoms with Gasteiger partial charge in [-0.3, -0.25) is 9.59 Å². The zero-order valence-electron chi connectivity index (χ0n) is 24.4. The van der Waals surface area contributed by atoms with Crippen LogP contribution < -0.4 is 15.5 Å². The second-order valence-electron chi connectivity index (χ2n) is 11.6. The van der Waals surface area contributed by atoms with E-state index in [4.69, 9.17) is 17.0 Å². The summed E-state index contributed by atoms with van der Waals surface area (Å²) in [5.41, 5.74) is 3.03. The fourth-order valence-electron chi connectivity index (χ4n) is 6.50. The first-order valence-corrected chi connectivity index (χ1v) is 15.6. The highest BCUT2D eigenvalue weighted by Crippen LogP contribution is 2.38. The second-order valence-corrected chi connectivity index (χ2v) is 12.0. The number of nitrogens with one attached hydrogen (secondary N) is 2. The Morgan fingerprint density at radius 2 is 1.58 bits per heavy atom. The second kappa shape index (κ2) is 13.1. The van der Waals surface area contributed by atoms with Gasteiger partial charge in [-0.05, 0) is 60.5 Å². The molecule has 1 atom stereocenters. The molecule has 3 aromatic carbocycles. The lowest BCUT2D eigenvalue weighted by molar-refractivity contribution is -0.146. The van der Waals surface area contributed by atoms with E-state index < -0.39 is 5.54 Å². The van der Waals surface area contributed by atoms with Gasteiger partial charge in [0.25, 0.3) is 0 Å². The van der Waals surface area contributed by atoms with E-state index >= 15 is 0 Å². The van der Waals surface area contributed by atoms with Gasteiger partial charge in [0.15, 0.2) is 5.11 Å². The Morgan fingerprint density at radius 3 is 2.26 bits per heavy atom. The Kier molecular flexibility index (Phi) is 8.90. The molecule has 3 aromatic rings. The first-order chi connectivity index (χ1) is 21.0. The van der Waals surface area contributed by atoms with Crippen LogP contribution in [-0.2, 0) is 20.9 Å². The van der Waals surface area contributed by atoms with Crippen LogP contribution in [0, 0.1) is 0 Å². The lowest BCUT2D eigenvalue weighted by atomic mass is 9.92. The van der Waals surface area contributed by atoms with E-state index in [0.29, 0.717) is 31.0 Å². The molecule has 2 heterocycles. The molecule has 6 rings (SSSR count). The highest BCUT2D eigenvalue weighted by atomic mass is 32.1. The van der Waals surface area contributed by atoms with Gasteiger partial charge in [-0.15, -0.1) is 0 Å². The number of anilines is 2. The van der Waals surface area contributed by atoms with E-state index in [9.17, 15) is 9.59 Å². The van der Waals surface area contributed by atoms with Gasteiger partial charge in [-0.25, -0.2) is 0 Å². The number of nitrogens with zero attached hydrogens (tertiary/aromatic N) is 3. The van der Waals surface area contributed by atoms with Crippen LogP contribution >= 0.6 is 12.2 Å². The van der Waals surface area contributed by atoms with Crippen LogP contribution in [0.3, 0.4) is 0 Å². The van der Waals surface area contributed by atoms with Crippen LogP contribution in [0.5, 0.6) is 0 Å². The number of thiocarbonyl (C=S) groups is 1. The van der Waals surface area contributed by atoms with Crippen molar-refractivity contribution >= 4 is 40.5 Å². The molecule has 0 radical (unpaired) electrons. The van der Waals surface area contributed by atoms with Crippen molar-refractivity contribution in [1.29, 1.82) is 0 Å². The molecule has 1 unspecified atom stereocenters. The predicted molar refractivity (Wildman–Crippen MR) is 173 cm³/mol. The maximum Gasteiger partial charge on any atom is 0.250 e. The fourth-order valence-corrected chi connectivity index (χ4v) is 6.78. The Hall–Kier alpha value is -3.95. The molecule has 43 heavy (non-hydrogen) atoms. The van der Waals surface area contributed by atoms with Gasteiger partial charge in [0.2, 0.25) is 11.8 Å². The average Bonchev–Trinajstić information content (AvgIpc) is 3.69. The third kappa shape index (κ3) is 6.53. The summed E-state index contributed by atoms with van der Waals surface area (Å²) < 4.78 is 5.48. The first kappa shape index (κ1) is 29.1. The van der Waals surface area contributed by atoms with Crippen molar-refractivity contribution in [3.05, 3.63) is 96.1 Å². The van der Waals surface area contributed by atoms with Crippen molar-refractivity contribution in [2.24, 2.45) is 0 Å². The molecular weight excluding hydrogens is 558 g/mol. The maximum atomic E-state index is 14.3. The highest BCUT2D eigenvalue weighted by molar-refractivity contribution is 7.80. The molecule has 1 aliphatic carbocycles. The topological polar surface area (TPSA) is 77.2 Å². The number of carbonyl (C=O) groups excluding carboxylic acids is 2. The summed E-state index contributed by atoms with van der Waals surface area (Å²) in [5.74, 6) is -0.223. The van der Waals surface area contributed by atoms with Gasteiger partial charge in [-0.2, -0.15) is 0 Å². The average molecular weight is 598 g/mol. The molecule has 224 valence electrons. The summed E-state index contributed by atoms with van der Waals surface area (Å²) in [6.45, 7) is 4.22. The van der Waals surface area contributed by atoms with Gasteiger partial charge < -0.3 is 30.1 Å². The number of benzene rings is 3.